The van der Waals surface area contributed by atoms with E-state index in [0.717, 1.165) is 10.1 Å². The van der Waals surface area contributed by atoms with Gasteiger partial charge in [0.1, 0.15) is 0 Å². The fraction of sp³-hybridized carbons (Fsp3) is 0.263. The molecule has 27 heavy (non-hydrogen) atoms. The molecule has 0 bridgehead atoms. The summed E-state index contributed by atoms with van der Waals surface area (Å²) in [5.74, 6) is 0. The third kappa shape index (κ3) is 3.18. The molecule has 8 heteroatoms. The van der Waals surface area contributed by atoms with E-state index in [1.165, 1.54) is 40.1 Å². The summed E-state index contributed by atoms with van der Waals surface area (Å²) in [6, 6.07) is 15.5. The minimum atomic E-state index is -3.59. The van der Waals surface area contributed by atoms with Crippen molar-refractivity contribution in [3.05, 3.63) is 64.4 Å². The Morgan fingerprint density at radius 3 is 2.33 bits per heavy atom. The van der Waals surface area contributed by atoms with Gasteiger partial charge in [-0.15, -0.1) is 0 Å². The molecule has 2 heterocycles. The molecule has 0 spiro atoms. The Balaban J connectivity index is 1.53. The van der Waals surface area contributed by atoms with E-state index < -0.39 is 10.0 Å². The van der Waals surface area contributed by atoms with Crippen LogP contribution in [0.2, 0.25) is 0 Å². The molecule has 1 saturated heterocycles. The van der Waals surface area contributed by atoms with Crippen LogP contribution in [0.1, 0.15) is 24.4 Å². The first-order valence-corrected chi connectivity index (χ1v) is 10.8. The third-order valence-electron chi connectivity index (χ3n) is 4.89. The van der Waals surface area contributed by atoms with Gasteiger partial charge in [0, 0.05) is 13.1 Å². The fourth-order valence-electron chi connectivity index (χ4n) is 3.40. The zero-order chi connectivity index (χ0) is 19.0. The smallest absolute Gasteiger partial charge is 0.268 e. The number of sulfonamides is 1. The molecule has 0 unspecified atom stereocenters. The van der Waals surface area contributed by atoms with Gasteiger partial charge in [-0.05, 0) is 49.2 Å². The highest BCUT2D eigenvalue weighted by Crippen LogP contribution is 2.29. The molecule has 138 valence electrons. The molecule has 0 atom stereocenters. The Morgan fingerprint density at radius 1 is 1.04 bits per heavy atom. The van der Waals surface area contributed by atoms with Gasteiger partial charge in [-0.2, -0.15) is 9.57 Å². The number of benzene rings is 2. The summed E-state index contributed by atoms with van der Waals surface area (Å²) >= 11 is 1.45. The molecular weight excluding hydrogens is 382 g/mol. The van der Waals surface area contributed by atoms with Crippen LogP contribution in [-0.2, 0) is 10.0 Å². The highest BCUT2D eigenvalue weighted by atomic mass is 32.2. The molecule has 0 saturated carbocycles. The second kappa shape index (κ2) is 6.93. The highest BCUT2D eigenvalue weighted by molar-refractivity contribution is 7.89. The summed E-state index contributed by atoms with van der Waals surface area (Å²) in [7, 11) is -3.59. The molecule has 1 aliphatic rings. The largest absolute Gasteiger partial charge is 0.268 e. The number of rotatable bonds is 3. The van der Waals surface area contributed by atoms with Crippen LogP contribution in [0.25, 0.3) is 10.1 Å². The first-order chi connectivity index (χ1) is 13.0. The summed E-state index contributed by atoms with van der Waals surface area (Å²) in [6.07, 6.45) is 1.20. The van der Waals surface area contributed by atoms with Crippen molar-refractivity contribution in [2.24, 2.45) is 0 Å². The number of hydrogen-bond acceptors (Lipinski definition) is 5. The van der Waals surface area contributed by atoms with Crippen molar-refractivity contribution in [3.8, 4) is 6.07 Å². The number of hydrogen-bond donors (Lipinski definition) is 0. The normalized spacial score (nSPS) is 16.4. The molecule has 0 aliphatic carbocycles. The van der Waals surface area contributed by atoms with Crippen molar-refractivity contribution in [1.82, 2.24) is 8.26 Å². The number of nitriles is 1. The fourth-order valence-corrected chi connectivity index (χ4v) is 6.01. The van der Waals surface area contributed by atoms with Crippen LogP contribution in [0.5, 0.6) is 0 Å². The first-order valence-electron chi connectivity index (χ1n) is 8.61. The number of fused-ring (bicyclic) bond motifs is 1. The summed E-state index contributed by atoms with van der Waals surface area (Å²) in [4.78, 5) is 12.8. The lowest BCUT2D eigenvalue weighted by Crippen LogP contribution is -2.39. The summed E-state index contributed by atoms with van der Waals surface area (Å²) < 4.78 is 29.8. The number of nitrogens with zero attached hydrogens (tertiary/aromatic N) is 3. The van der Waals surface area contributed by atoms with Crippen LogP contribution in [0.4, 0.5) is 0 Å². The van der Waals surface area contributed by atoms with Gasteiger partial charge in [-0.1, -0.05) is 23.7 Å². The Kier molecular flexibility index (Phi) is 4.60. The van der Waals surface area contributed by atoms with Gasteiger partial charge in [-0.3, -0.25) is 8.75 Å². The van der Waals surface area contributed by atoms with Gasteiger partial charge in [0.25, 0.3) is 5.56 Å². The predicted octanol–water partition coefficient (Wildman–Crippen LogP) is 2.96. The summed E-state index contributed by atoms with van der Waals surface area (Å²) in [5, 5.41) is 9.57. The van der Waals surface area contributed by atoms with Crippen molar-refractivity contribution in [1.29, 1.82) is 5.26 Å². The van der Waals surface area contributed by atoms with Crippen LogP contribution in [0.15, 0.2) is 58.2 Å². The molecule has 1 aliphatic heterocycles. The minimum absolute atomic E-state index is 0.00370. The van der Waals surface area contributed by atoms with Gasteiger partial charge in [0.05, 0.1) is 32.7 Å². The van der Waals surface area contributed by atoms with Crippen molar-refractivity contribution >= 4 is 31.6 Å². The lowest BCUT2D eigenvalue weighted by molar-refractivity contribution is 0.280. The van der Waals surface area contributed by atoms with Crippen LogP contribution in [0.3, 0.4) is 0 Å². The van der Waals surface area contributed by atoms with Crippen LogP contribution >= 0.6 is 11.5 Å². The molecule has 0 amide bonds. The molecule has 2 aromatic carbocycles. The van der Waals surface area contributed by atoms with Crippen LogP contribution < -0.4 is 5.56 Å². The third-order valence-corrected chi connectivity index (χ3v) is 8.02. The van der Waals surface area contributed by atoms with E-state index in [9.17, 15) is 13.2 Å². The standard InChI is InChI=1S/C19H17N3O3S2/c20-13-14-5-7-16(8-6-14)27(24,25)21-11-9-15(10-12-21)22-19(23)17-3-1-2-4-18(17)26-22/h1-8,15H,9-12H2. The van der Waals surface area contributed by atoms with Crippen molar-refractivity contribution in [2.45, 2.75) is 23.8 Å². The van der Waals surface area contributed by atoms with Crippen molar-refractivity contribution in [2.75, 3.05) is 13.1 Å². The first kappa shape index (κ1) is 17.9. The van der Waals surface area contributed by atoms with E-state index in [1.54, 1.807) is 3.96 Å². The van der Waals surface area contributed by atoms with Crippen LogP contribution in [-0.4, -0.2) is 29.8 Å². The van der Waals surface area contributed by atoms with Gasteiger partial charge < -0.3 is 0 Å². The van der Waals surface area contributed by atoms with Crippen LogP contribution in [0, 0.1) is 11.3 Å². The molecular formula is C19H17N3O3S2. The van der Waals surface area contributed by atoms with Crippen molar-refractivity contribution in [3.63, 3.8) is 0 Å². The summed E-state index contributed by atoms with van der Waals surface area (Å²) in [5.41, 5.74) is 0.431. The maximum atomic E-state index is 12.8. The van der Waals surface area contributed by atoms with E-state index >= 15 is 0 Å². The Labute approximate surface area is 161 Å². The minimum Gasteiger partial charge on any atom is -0.268 e. The monoisotopic (exact) mass is 399 g/mol. The van der Waals surface area contributed by atoms with E-state index in [0.29, 0.717) is 31.5 Å². The lowest BCUT2D eigenvalue weighted by Gasteiger charge is -2.31. The lowest BCUT2D eigenvalue weighted by atomic mass is 10.1. The van der Waals surface area contributed by atoms with Gasteiger partial charge in [0.15, 0.2) is 0 Å². The van der Waals surface area contributed by atoms with Gasteiger partial charge >= 0.3 is 0 Å². The van der Waals surface area contributed by atoms with E-state index in [2.05, 4.69) is 0 Å². The zero-order valence-corrected chi connectivity index (χ0v) is 16.0. The Hall–Kier alpha value is -2.47. The number of aromatic nitrogens is 1. The van der Waals surface area contributed by atoms with Crippen molar-refractivity contribution < 1.29 is 8.42 Å². The van der Waals surface area contributed by atoms with Gasteiger partial charge in [0.2, 0.25) is 10.0 Å². The zero-order valence-electron chi connectivity index (χ0n) is 14.4. The average Bonchev–Trinajstić information content (AvgIpc) is 3.05. The molecule has 3 aromatic rings. The molecule has 4 rings (SSSR count). The molecule has 6 nitrogen and oxygen atoms in total. The summed E-state index contributed by atoms with van der Waals surface area (Å²) in [6.45, 7) is 0.737. The number of piperidine rings is 1. The van der Waals surface area contributed by atoms with E-state index in [4.69, 9.17) is 5.26 Å². The average molecular weight is 399 g/mol. The molecule has 0 radical (unpaired) electrons. The Morgan fingerprint density at radius 2 is 1.70 bits per heavy atom. The topological polar surface area (TPSA) is 83.2 Å². The SMILES string of the molecule is N#Cc1ccc(S(=O)(=O)N2CCC(n3sc4ccccc4c3=O)CC2)cc1. The highest BCUT2D eigenvalue weighted by Gasteiger charge is 2.31. The molecule has 0 N–H and O–H groups in total. The van der Waals surface area contributed by atoms with E-state index in [-0.39, 0.29) is 16.5 Å². The maximum absolute atomic E-state index is 12.8. The quantitative estimate of drug-likeness (QED) is 0.678. The Bertz CT molecular complexity index is 1180. The van der Waals surface area contributed by atoms with Gasteiger partial charge in [-0.25, -0.2) is 8.42 Å². The predicted molar refractivity (Wildman–Crippen MR) is 104 cm³/mol. The van der Waals surface area contributed by atoms with E-state index in [1.807, 2.05) is 30.3 Å². The molecule has 1 aromatic heterocycles. The molecule has 1 fully saturated rings. The second-order valence-corrected chi connectivity index (χ2v) is 9.44. The maximum Gasteiger partial charge on any atom is 0.268 e. The second-order valence-electron chi connectivity index (χ2n) is 6.49.